The molecule has 0 bridgehead atoms. The van der Waals surface area contributed by atoms with Crippen molar-refractivity contribution in [1.29, 1.82) is 5.26 Å². The van der Waals surface area contributed by atoms with Crippen LogP contribution in [0.15, 0.2) is 0 Å². The number of carbonyl (C=O) groups is 1. The van der Waals surface area contributed by atoms with Crippen molar-refractivity contribution in [2.75, 3.05) is 39.3 Å². The first-order chi connectivity index (χ1) is 8.19. The molecule has 0 aliphatic carbocycles. The molecule has 1 aliphatic rings. The van der Waals surface area contributed by atoms with Gasteiger partial charge in [0.05, 0.1) is 18.7 Å². The summed E-state index contributed by atoms with van der Waals surface area (Å²) in [6, 6.07) is 2.10. The molecule has 0 spiro atoms. The molecule has 0 saturated carbocycles. The van der Waals surface area contributed by atoms with Gasteiger partial charge in [-0.15, -0.1) is 0 Å². The summed E-state index contributed by atoms with van der Waals surface area (Å²) in [5.41, 5.74) is 0. The third-order valence-corrected chi connectivity index (χ3v) is 3.18. The summed E-state index contributed by atoms with van der Waals surface area (Å²) < 4.78 is 0. The van der Waals surface area contributed by atoms with Crippen molar-refractivity contribution in [1.82, 2.24) is 15.1 Å². The number of hydrogen-bond donors (Lipinski definition) is 1. The molecule has 1 aliphatic heterocycles. The van der Waals surface area contributed by atoms with E-state index >= 15 is 0 Å². The van der Waals surface area contributed by atoms with Gasteiger partial charge in [-0.25, -0.2) is 0 Å². The van der Waals surface area contributed by atoms with Gasteiger partial charge in [-0.3, -0.25) is 14.6 Å². The zero-order valence-electron chi connectivity index (χ0n) is 10.8. The zero-order chi connectivity index (χ0) is 12.7. The second kappa shape index (κ2) is 7.25. The lowest BCUT2D eigenvalue weighted by atomic mass is 10.2. The highest BCUT2D eigenvalue weighted by molar-refractivity contribution is 5.81. The van der Waals surface area contributed by atoms with Gasteiger partial charge < -0.3 is 5.32 Å². The molecule has 1 unspecified atom stereocenters. The summed E-state index contributed by atoms with van der Waals surface area (Å²) in [4.78, 5) is 16.1. The fourth-order valence-electron chi connectivity index (χ4n) is 1.97. The van der Waals surface area contributed by atoms with Crippen LogP contribution in [-0.2, 0) is 4.79 Å². The molecule has 1 N–H and O–H groups in total. The van der Waals surface area contributed by atoms with Crippen molar-refractivity contribution >= 4 is 5.91 Å². The molecule has 96 valence electrons. The number of carbonyl (C=O) groups excluding carboxylic acids is 1. The van der Waals surface area contributed by atoms with E-state index in [9.17, 15) is 4.79 Å². The first kappa shape index (κ1) is 13.9. The third-order valence-electron chi connectivity index (χ3n) is 3.18. The Morgan fingerprint density at radius 2 is 2.06 bits per heavy atom. The minimum absolute atomic E-state index is 0.0641. The second-order valence-electron chi connectivity index (χ2n) is 4.44. The molecule has 0 radical (unpaired) electrons. The van der Waals surface area contributed by atoms with Gasteiger partial charge in [0.1, 0.15) is 0 Å². The van der Waals surface area contributed by atoms with Gasteiger partial charge in [0.2, 0.25) is 5.91 Å². The maximum Gasteiger partial charge on any atom is 0.237 e. The molecule has 1 atom stereocenters. The van der Waals surface area contributed by atoms with Gasteiger partial charge in [0.25, 0.3) is 0 Å². The number of amides is 1. The summed E-state index contributed by atoms with van der Waals surface area (Å²) in [5.74, 6) is 0.112. The normalized spacial score (nSPS) is 19.6. The Labute approximate surface area is 103 Å². The van der Waals surface area contributed by atoms with E-state index in [1.165, 1.54) is 0 Å². The Morgan fingerprint density at radius 3 is 2.59 bits per heavy atom. The van der Waals surface area contributed by atoms with Crippen LogP contribution in [0.1, 0.15) is 20.3 Å². The summed E-state index contributed by atoms with van der Waals surface area (Å²) in [6.45, 7) is 8.71. The average molecular weight is 238 g/mol. The van der Waals surface area contributed by atoms with Gasteiger partial charge in [-0.1, -0.05) is 6.92 Å². The Hall–Kier alpha value is -1.12. The van der Waals surface area contributed by atoms with Crippen LogP contribution in [0.2, 0.25) is 0 Å². The van der Waals surface area contributed by atoms with Crippen molar-refractivity contribution < 1.29 is 4.79 Å². The lowest BCUT2D eigenvalue weighted by Crippen LogP contribution is -2.53. The molecule has 5 heteroatoms. The van der Waals surface area contributed by atoms with E-state index in [0.29, 0.717) is 6.54 Å². The average Bonchev–Trinajstić information content (AvgIpc) is 2.36. The lowest BCUT2D eigenvalue weighted by molar-refractivity contribution is -0.126. The van der Waals surface area contributed by atoms with E-state index in [4.69, 9.17) is 5.26 Å². The molecule has 1 rings (SSSR count). The van der Waals surface area contributed by atoms with E-state index in [-0.39, 0.29) is 11.9 Å². The molecular weight excluding hydrogens is 216 g/mol. The molecule has 1 heterocycles. The standard InChI is InChI=1S/C12H22N4O/c1-3-5-14-12(17)11(2)16-9-7-15(6-4-13)8-10-16/h11H,3,5-10H2,1-2H3,(H,14,17). The molecule has 17 heavy (non-hydrogen) atoms. The summed E-state index contributed by atoms with van der Waals surface area (Å²) in [5, 5.41) is 11.5. The van der Waals surface area contributed by atoms with E-state index in [1.54, 1.807) is 0 Å². The smallest absolute Gasteiger partial charge is 0.237 e. The zero-order valence-corrected chi connectivity index (χ0v) is 10.8. The van der Waals surface area contributed by atoms with E-state index in [2.05, 4.69) is 21.2 Å². The quantitative estimate of drug-likeness (QED) is 0.687. The van der Waals surface area contributed by atoms with Crippen LogP contribution in [0.5, 0.6) is 0 Å². The van der Waals surface area contributed by atoms with Crippen molar-refractivity contribution in [2.24, 2.45) is 0 Å². The van der Waals surface area contributed by atoms with Crippen molar-refractivity contribution in [3.8, 4) is 6.07 Å². The minimum Gasteiger partial charge on any atom is -0.355 e. The summed E-state index contributed by atoms with van der Waals surface area (Å²) >= 11 is 0. The van der Waals surface area contributed by atoms with Crippen molar-refractivity contribution in [2.45, 2.75) is 26.3 Å². The topological polar surface area (TPSA) is 59.4 Å². The van der Waals surface area contributed by atoms with Gasteiger partial charge in [-0.05, 0) is 13.3 Å². The second-order valence-corrected chi connectivity index (χ2v) is 4.44. The van der Waals surface area contributed by atoms with Crippen LogP contribution in [0.4, 0.5) is 0 Å². The predicted octanol–water partition coefficient (Wildman–Crippen LogP) is 0.0423. The number of piperazine rings is 1. The SMILES string of the molecule is CCCNC(=O)C(C)N1CCN(CC#N)CC1. The maximum absolute atomic E-state index is 11.8. The molecule has 0 aromatic carbocycles. The largest absolute Gasteiger partial charge is 0.355 e. The monoisotopic (exact) mass is 238 g/mol. The fraction of sp³-hybridized carbons (Fsp3) is 0.833. The van der Waals surface area contributed by atoms with E-state index in [0.717, 1.165) is 39.1 Å². The number of nitriles is 1. The van der Waals surface area contributed by atoms with Gasteiger partial charge in [0.15, 0.2) is 0 Å². The van der Waals surface area contributed by atoms with Crippen LogP contribution < -0.4 is 5.32 Å². The van der Waals surface area contributed by atoms with Crippen LogP contribution >= 0.6 is 0 Å². The highest BCUT2D eigenvalue weighted by Crippen LogP contribution is 2.06. The van der Waals surface area contributed by atoms with Crippen LogP contribution in [0.25, 0.3) is 0 Å². The predicted molar refractivity (Wildman–Crippen MR) is 66.4 cm³/mol. The molecule has 1 saturated heterocycles. The fourth-order valence-corrected chi connectivity index (χ4v) is 1.97. The number of nitrogens with zero attached hydrogens (tertiary/aromatic N) is 3. The number of rotatable bonds is 5. The third kappa shape index (κ3) is 4.33. The molecule has 0 aromatic rings. The summed E-state index contributed by atoms with van der Waals surface area (Å²) in [7, 11) is 0. The van der Waals surface area contributed by atoms with Crippen LogP contribution in [0, 0.1) is 11.3 Å². The Kier molecular flexibility index (Phi) is 5.95. The van der Waals surface area contributed by atoms with Gasteiger partial charge >= 0.3 is 0 Å². The van der Waals surface area contributed by atoms with Crippen molar-refractivity contribution in [3.05, 3.63) is 0 Å². The van der Waals surface area contributed by atoms with Crippen molar-refractivity contribution in [3.63, 3.8) is 0 Å². The van der Waals surface area contributed by atoms with E-state index < -0.39 is 0 Å². The van der Waals surface area contributed by atoms with E-state index in [1.807, 2.05) is 13.8 Å². The Balaban J connectivity index is 2.32. The summed E-state index contributed by atoms with van der Waals surface area (Å²) in [6.07, 6.45) is 0.967. The first-order valence-corrected chi connectivity index (χ1v) is 6.30. The van der Waals surface area contributed by atoms with Crippen LogP contribution in [0.3, 0.4) is 0 Å². The lowest BCUT2D eigenvalue weighted by Gasteiger charge is -2.36. The Bertz CT molecular complexity index is 279. The maximum atomic E-state index is 11.8. The molecule has 5 nitrogen and oxygen atoms in total. The molecule has 1 fully saturated rings. The van der Waals surface area contributed by atoms with Gasteiger partial charge in [0, 0.05) is 32.7 Å². The van der Waals surface area contributed by atoms with Gasteiger partial charge in [-0.2, -0.15) is 5.26 Å². The highest BCUT2D eigenvalue weighted by atomic mass is 16.2. The van der Waals surface area contributed by atoms with Crippen LogP contribution in [-0.4, -0.2) is 61.0 Å². The molecule has 0 aromatic heterocycles. The highest BCUT2D eigenvalue weighted by Gasteiger charge is 2.24. The Morgan fingerprint density at radius 1 is 1.41 bits per heavy atom. The molecular formula is C12H22N4O. The first-order valence-electron chi connectivity index (χ1n) is 6.30. The number of hydrogen-bond acceptors (Lipinski definition) is 4. The number of nitrogens with one attached hydrogen (secondary N) is 1. The molecule has 1 amide bonds. The minimum atomic E-state index is -0.0641.